The molecule has 1 atom stereocenters. The Morgan fingerprint density at radius 1 is 1.47 bits per heavy atom. The summed E-state index contributed by atoms with van der Waals surface area (Å²) in [6.45, 7) is 3.67. The SMILES string of the molecule is CC1(C(=O)Cc2cccc(Cl)c2Cl)CCNC1. The zero-order chi connectivity index (χ0) is 12.5. The summed E-state index contributed by atoms with van der Waals surface area (Å²) in [5.74, 6) is 0.228. The lowest BCUT2D eigenvalue weighted by molar-refractivity contribution is -0.126. The summed E-state index contributed by atoms with van der Waals surface area (Å²) in [5.41, 5.74) is 0.559. The van der Waals surface area contributed by atoms with Gasteiger partial charge in [0, 0.05) is 18.4 Å². The molecule has 0 aromatic heterocycles. The van der Waals surface area contributed by atoms with E-state index in [-0.39, 0.29) is 11.2 Å². The summed E-state index contributed by atoms with van der Waals surface area (Å²) in [7, 11) is 0. The van der Waals surface area contributed by atoms with E-state index in [4.69, 9.17) is 23.2 Å². The minimum Gasteiger partial charge on any atom is -0.316 e. The van der Waals surface area contributed by atoms with Gasteiger partial charge in [-0.15, -0.1) is 0 Å². The molecule has 0 spiro atoms. The van der Waals surface area contributed by atoms with E-state index in [0.29, 0.717) is 16.5 Å². The van der Waals surface area contributed by atoms with Crippen LogP contribution in [0, 0.1) is 5.41 Å². The number of hydrogen-bond donors (Lipinski definition) is 1. The molecular formula is C13H15Cl2NO. The summed E-state index contributed by atoms with van der Waals surface area (Å²) in [6.07, 6.45) is 1.25. The third-order valence-electron chi connectivity index (χ3n) is 3.42. The molecule has 1 aromatic carbocycles. The number of benzene rings is 1. The molecule has 1 saturated heterocycles. The second-order valence-electron chi connectivity index (χ2n) is 4.80. The summed E-state index contributed by atoms with van der Waals surface area (Å²) < 4.78 is 0. The Kier molecular flexibility index (Phi) is 3.76. The van der Waals surface area contributed by atoms with Crippen LogP contribution in [0.4, 0.5) is 0 Å². The molecule has 1 aliphatic rings. The van der Waals surface area contributed by atoms with Gasteiger partial charge in [-0.2, -0.15) is 0 Å². The Labute approximate surface area is 111 Å². The highest BCUT2D eigenvalue weighted by atomic mass is 35.5. The number of ketones is 1. The van der Waals surface area contributed by atoms with Gasteiger partial charge in [-0.25, -0.2) is 0 Å². The van der Waals surface area contributed by atoms with Crippen molar-refractivity contribution < 1.29 is 4.79 Å². The molecule has 1 fully saturated rings. The maximum absolute atomic E-state index is 12.3. The molecule has 1 unspecified atom stereocenters. The monoisotopic (exact) mass is 271 g/mol. The number of halogens is 2. The van der Waals surface area contributed by atoms with Crippen LogP contribution in [0.2, 0.25) is 10.0 Å². The number of hydrogen-bond acceptors (Lipinski definition) is 2. The standard InChI is InChI=1S/C13H15Cl2NO/c1-13(5-6-16-8-13)11(17)7-9-3-2-4-10(14)12(9)15/h2-4,16H,5-8H2,1H3. The Bertz CT molecular complexity index is 439. The van der Waals surface area contributed by atoms with E-state index in [1.165, 1.54) is 0 Å². The average Bonchev–Trinajstić information content (AvgIpc) is 2.73. The normalized spacial score (nSPS) is 23.9. The van der Waals surface area contributed by atoms with Crippen molar-refractivity contribution in [2.24, 2.45) is 5.41 Å². The molecule has 1 heterocycles. The van der Waals surface area contributed by atoms with Gasteiger partial charge in [0.05, 0.1) is 10.0 Å². The second kappa shape index (κ2) is 4.97. The molecule has 1 aliphatic heterocycles. The minimum absolute atomic E-state index is 0.228. The van der Waals surface area contributed by atoms with Crippen molar-refractivity contribution in [3.63, 3.8) is 0 Å². The topological polar surface area (TPSA) is 29.1 Å². The lowest BCUT2D eigenvalue weighted by Crippen LogP contribution is -2.31. The quantitative estimate of drug-likeness (QED) is 0.916. The van der Waals surface area contributed by atoms with Crippen molar-refractivity contribution in [2.75, 3.05) is 13.1 Å². The molecule has 92 valence electrons. The Hall–Kier alpha value is -0.570. The van der Waals surface area contributed by atoms with Crippen LogP contribution >= 0.6 is 23.2 Å². The molecule has 2 rings (SSSR count). The highest BCUT2D eigenvalue weighted by molar-refractivity contribution is 6.42. The Morgan fingerprint density at radius 2 is 2.24 bits per heavy atom. The van der Waals surface area contributed by atoms with Crippen molar-refractivity contribution in [1.82, 2.24) is 5.32 Å². The van der Waals surface area contributed by atoms with Gasteiger partial charge < -0.3 is 5.32 Å². The summed E-state index contributed by atoms with van der Waals surface area (Å²) in [6, 6.07) is 5.42. The molecule has 1 N–H and O–H groups in total. The minimum atomic E-state index is -0.258. The molecule has 0 radical (unpaired) electrons. The van der Waals surface area contributed by atoms with E-state index in [0.717, 1.165) is 25.1 Å². The molecule has 0 aliphatic carbocycles. The zero-order valence-corrected chi connectivity index (χ0v) is 11.2. The molecule has 0 bridgehead atoms. The van der Waals surface area contributed by atoms with Crippen molar-refractivity contribution in [1.29, 1.82) is 0 Å². The fourth-order valence-corrected chi connectivity index (χ4v) is 2.51. The Balaban J connectivity index is 2.16. The third-order valence-corrected chi connectivity index (χ3v) is 4.28. The van der Waals surface area contributed by atoms with E-state index in [2.05, 4.69) is 5.32 Å². The summed E-state index contributed by atoms with van der Waals surface area (Å²) in [4.78, 5) is 12.3. The zero-order valence-electron chi connectivity index (χ0n) is 9.72. The van der Waals surface area contributed by atoms with Gasteiger partial charge in [0.2, 0.25) is 0 Å². The molecule has 17 heavy (non-hydrogen) atoms. The van der Waals surface area contributed by atoms with Crippen LogP contribution in [0.15, 0.2) is 18.2 Å². The maximum Gasteiger partial charge on any atom is 0.144 e. The number of carbonyl (C=O) groups is 1. The van der Waals surface area contributed by atoms with Crippen LogP contribution in [-0.4, -0.2) is 18.9 Å². The molecular weight excluding hydrogens is 257 g/mol. The number of carbonyl (C=O) groups excluding carboxylic acids is 1. The van der Waals surface area contributed by atoms with Gasteiger partial charge in [-0.3, -0.25) is 4.79 Å². The lowest BCUT2D eigenvalue weighted by atomic mass is 9.82. The van der Waals surface area contributed by atoms with Crippen LogP contribution in [-0.2, 0) is 11.2 Å². The van der Waals surface area contributed by atoms with E-state index in [9.17, 15) is 4.79 Å². The molecule has 4 heteroatoms. The predicted molar refractivity (Wildman–Crippen MR) is 70.8 cm³/mol. The fourth-order valence-electron chi connectivity index (χ4n) is 2.13. The van der Waals surface area contributed by atoms with Crippen molar-refractivity contribution >= 4 is 29.0 Å². The molecule has 0 saturated carbocycles. The first kappa shape index (κ1) is 12.9. The summed E-state index contributed by atoms with van der Waals surface area (Å²) in [5, 5.41) is 4.23. The van der Waals surface area contributed by atoms with Gasteiger partial charge >= 0.3 is 0 Å². The first-order valence-corrected chi connectivity index (χ1v) is 6.45. The fraction of sp³-hybridized carbons (Fsp3) is 0.462. The third kappa shape index (κ3) is 2.65. The summed E-state index contributed by atoms with van der Waals surface area (Å²) >= 11 is 12.0. The van der Waals surface area contributed by atoms with Gasteiger partial charge in [0.1, 0.15) is 5.78 Å². The molecule has 1 aromatic rings. The number of Topliss-reactive ketones (excluding diaryl/α,β-unsaturated/α-hetero) is 1. The smallest absolute Gasteiger partial charge is 0.144 e. The van der Waals surface area contributed by atoms with E-state index >= 15 is 0 Å². The highest BCUT2D eigenvalue weighted by Crippen LogP contribution is 2.31. The van der Waals surface area contributed by atoms with Gasteiger partial charge in [-0.05, 0) is 24.6 Å². The van der Waals surface area contributed by atoms with Crippen molar-refractivity contribution in [2.45, 2.75) is 19.8 Å². The largest absolute Gasteiger partial charge is 0.316 e. The van der Waals surface area contributed by atoms with Crippen LogP contribution < -0.4 is 5.32 Å². The van der Waals surface area contributed by atoms with Gasteiger partial charge in [-0.1, -0.05) is 42.3 Å². The lowest BCUT2D eigenvalue weighted by Gasteiger charge is -2.21. The van der Waals surface area contributed by atoms with Gasteiger partial charge in [0.15, 0.2) is 0 Å². The second-order valence-corrected chi connectivity index (χ2v) is 5.59. The average molecular weight is 272 g/mol. The van der Waals surface area contributed by atoms with Crippen LogP contribution in [0.5, 0.6) is 0 Å². The number of rotatable bonds is 3. The maximum atomic E-state index is 12.3. The van der Waals surface area contributed by atoms with Crippen molar-refractivity contribution in [3.8, 4) is 0 Å². The van der Waals surface area contributed by atoms with Crippen molar-refractivity contribution in [3.05, 3.63) is 33.8 Å². The molecule has 0 amide bonds. The Morgan fingerprint density at radius 3 is 2.88 bits per heavy atom. The first-order chi connectivity index (χ1) is 8.03. The van der Waals surface area contributed by atoms with E-state index in [1.807, 2.05) is 19.1 Å². The predicted octanol–water partition coefficient (Wildman–Crippen LogP) is 3.10. The van der Waals surface area contributed by atoms with E-state index in [1.54, 1.807) is 6.07 Å². The first-order valence-electron chi connectivity index (χ1n) is 5.70. The van der Waals surface area contributed by atoms with Crippen LogP contribution in [0.1, 0.15) is 18.9 Å². The highest BCUT2D eigenvalue weighted by Gasteiger charge is 2.35. The van der Waals surface area contributed by atoms with E-state index < -0.39 is 0 Å². The number of nitrogens with one attached hydrogen (secondary N) is 1. The van der Waals surface area contributed by atoms with Gasteiger partial charge in [0.25, 0.3) is 0 Å². The van der Waals surface area contributed by atoms with Crippen LogP contribution in [0.25, 0.3) is 0 Å². The molecule has 2 nitrogen and oxygen atoms in total. The van der Waals surface area contributed by atoms with Crippen LogP contribution in [0.3, 0.4) is 0 Å².